The topological polar surface area (TPSA) is 64.7 Å². The summed E-state index contributed by atoms with van der Waals surface area (Å²) in [4.78, 5) is 31.3. The maximum absolute atomic E-state index is 14.1. The van der Waals surface area contributed by atoms with Crippen molar-refractivity contribution in [2.24, 2.45) is 0 Å². The average Bonchev–Trinajstić information content (AvgIpc) is 3.18. The average molecular weight is 553 g/mol. The highest BCUT2D eigenvalue weighted by Crippen LogP contribution is 2.27. The van der Waals surface area contributed by atoms with Crippen molar-refractivity contribution in [3.8, 4) is 0 Å². The molecule has 2 atom stereocenters. The molecular formula is C35H44N4O2. The molecule has 6 nitrogen and oxygen atoms in total. The minimum Gasteiger partial charge on any atom is -0.352 e. The van der Waals surface area contributed by atoms with Gasteiger partial charge in [0.25, 0.3) is 5.91 Å². The molecule has 3 aromatic carbocycles. The maximum Gasteiger partial charge on any atom is 0.251 e. The third-order valence-corrected chi connectivity index (χ3v) is 8.60. The summed E-state index contributed by atoms with van der Waals surface area (Å²) in [6.07, 6.45) is 6.27. The number of carbonyl (C=O) groups excluding carboxylic acids is 2. The number of likely N-dealkylation sites (tertiary alicyclic amines) is 1. The number of piperidine rings is 1. The van der Waals surface area contributed by atoms with Gasteiger partial charge in [-0.1, -0.05) is 85.3 Å². The van der Waals surface area contributed by atoms with Gasteiger partial charge < -0.3 is 20.4 Å². The summed E-state index contributed by atoms with van der Waals surface area (Å²) in [7, 11) is 0. The molecule has 2 heterocycles. The Morgan fingerprint density at radius 3 is 2.05 bits per heavy atom. The third-order valence-electron chi connectivity index (χ3n) is 8.60. The largest absolute Gasteiger partial charge is 0.352 e. The first-order chi connectivity index (χ1) is 20.2. The van der Waals surface area contributed by atoms with Crippen LogP contribution < -0.4 is 10.6 Å². The Hall–Kier alpha value is -3.48. The van der Waals surface area contributed by atoms with Crippen molar-refractivity contribution in [1.29, 1.82) is 0 Å². The first-order valence-corrected chi connectivity index (χ1v) is 15.4. The fraction of sp³-hybridized carbons (Fsp3) is 0.429. The molecule has 0 aliphatic carbocycles. The number of hydrogen-bond acceptors (Lipinski definition) is 4. The number of rotatable bonds is 11. The Labute approximate surface area is 245 Å². The van der Waals surface area contributed by atoms with E-state index in [-0.39, 0.29) is 29.8 Å². The van der Waals surface area contributed by atoms with E-state index in [0.717, 1.165) is 38.9 Å². The van der Waals surface area contributed by atoms with Gasteiger partial charge in [-0.15, -0.1) is 0 Å². The molecule has 0 bridgehead atoms. The molecule has 2 fully saturated rings. The van der Waals surface area contributed by atoms with Crippen LogP contribution in [0.25, 0.3) is 0 Å². The van der Waals surface area contributed by atoms with E-state index in [1.54, 1.807) is 0 Å². The number of carbonyl (C=O) groups is 2. The van der Waals surface area contributed by atoms with Gasteiger partial charge in [0.1, 0.15) is 0 Å². The fourth-order valence-electron chi connectivity index (χ4n) is 6.24. The lowest BCUT2D eigenvalue weighted by Crippen LogP contribution is -2.48. The second kappa shape index (κ2) is 14.9. The lowest BCUT2D eigenvalue weighted by Gasteiger charge is -2.31. The molecular weight excluding hydrogens is 508 g/mol. The van der Waals surface area contributed by atoms with Crippen molar-refractivity contribution in [2.75, 3.05) is 39.3 Å². The predicted molar refractivity (Wildman–Crippen MR) is 165 cm³/mol. The summed E-state index contributed by atoms with van der Waals surface area (Å²) < 4.78 is 0. The molecule has 0 radical (unpaired) electrons. The second-order valence-electron chi connectivity index (χ2n) is 11.5. The number of nitrogens with zero attached hydrogens (tertiary/aromatic N) is 2. The van der Waals surface area contributed by atoms with Gasteiger partial charge in [0.05, 0.1) is 6.04 Å². The van der Waals surface area contributed by atoms with Crippen molar-refractivity contribution in [2.45, 2.75) is 56.5 Å². The summed E-state index contributed by atoms with van der Waals surface area (Å²) in [6, 6.07) is 30.4. The molecule has 2 unspecified atom stereocenters. The molecule has 2 saturated heterocycles. The van der Waals surface area contributed by atoms with Gasteiger partial charge in [-0.3, -0.25) is 9.59 Å². The van der Waals surface area contributed by atoms with Crippen LogP contribution >= 0.6 is 0 Å². The summed E-state index contributed by atoms with van der Waals surface area (Å²) in [5.41, 5.74) is 3.14. The van der Waals surface area contributed by atoms with E-state index >= 15 is 0 Å². The normalized spacial score (nSPS) is 20.1. The zero-order chi connectivity index (χ0) is 28.3. The van der Waals surface area contributed by atoms with E-state index in [4.69, 9.17) is 0 Å². The Kier molecular flexibility index (Phi) is 10.6. The first-order valence-electron chi connectivity index (χ1n) is 15.4. The Morgan fingerprint density at radius 1 is 0.805 bits per heavy atom. The van der Waals surface area contributed by atoms with E-state index in [9.17, 15) is 9.59 Å². The SMILES string of the molecule is O=C(NCCC1CCN(CC(c2ccccc2)c2ccccc2)C(=O)C(CCN2CCCCC2)N1)c1ccccc1. The van der Waals surface area contributed by atoms with Gasteiger partial charge in [0.15, 0.2) is 0 Å². The van der Waals surface area contributed by atoms with E-state index in [0.29, 0.717) is 25.2 Å². The minimum absolute atomic E-state index is 0.0489. The molecule has 5 rings (SSSR count). The quantitative estimate of drug-likeness (QED) is 0.349. The van der Waals surface area contributed by atoms with Gasteiger partial charge in [0, 0.05) is 43.7 Å². The molecule has 2 N–H and O–H groups in total. The second-order valence-corrected chi connectivity index (χ2v) is 11.5. The Balaban J connectivity index is 1.28. The number of amides is 2. The van der Waals surface area contributed by atoms with Gasteiger partial charge in [0.2, 0.25) is 5.91 Å². The molecule has 0 aromatic heterocycles. The van der Waals surface area contributed by atoms with Crippen LogP contribution in [-0.2, 0) is 4.79 Å². The number of benzene rings is 3. The fourth-order valence-corrected chi connectivity index (χ4v) is 6.24. The molecule has 0 saturated carbocycles. The molecule has 2 aliphatic heterocycles. The zero-order valence-electron chi connectivity index (χ0n) is 24.1. The minimum atomic E-state index is -0.221. The number of nitrogens with one attached hydrogen (secondary N) is 2. The lowest BCUT2D eigenvalue weighted by molar-refractivity contribution is -0.133. The lowest BCUT2D eigenvalue weighted by atomic mass is 9.90. The van der Waals surface area contributed by atoms with Crippen LogP contribution in [0.15, 0.2) is 91.0 Å². The molecule has 0 spiro atoms. The summed E-state index contributed by atoms with van der Waals surface area (Å²) >= 11 is 0. The predicted octanol–water partition coefficient (Wildman–Crippen LogP) is 5.07. The van der Waals surface area contributed by atoms with Gasteiger partial charge >= 0.3 is 0 Å². The number of hydrogen-bond donors (Lipinski definition) is 2. The summed E-state index contributed by atoms with van der Waals surface area (Å²) in [5, 5.41) is 6.81. The van der Waals surface area contributed by atoms with E-state index in [1.165, 1.54) is 30.4 Å². The van der Waals surface area contributed by atoms with Gasteiger partial charge in [-0.05, 0) is 68.5 Å². The van der Waals surface area contributed by atoms with E-state index in [2.05, 4.69) is 69.0 Å². The monoisotopic (exact) mass is 552 g/mol. The van der Waals surface area contributed by atoms with Crippen LogP contribution in [0.4, 0.5) is 0 Å². The smallest absolute Gasteiger partial charge is 0.251 e. The highest BCUT2D eigenvalue weighted by molar-refractivity contribution is 5.94. The summed E-state index contributed by atoms with van der Waals surface area (Å²) in [6.45, 7) is 5.14. The van der Waals surface area contributed by atoms with Crippen LogP contribution in [0.5, 0.6) is 0 Å². The Bertz CT molecular complexity index is 1180. The molecule has 2 aliphatic rings. The van der Waals surface area contributed by atoms with E-state index < -0.39 is 0 Å². The molecule has 41 heavy (non-hydrogen) atoms. The third kappa shape index (κ3) is 8.27. The van der Waals surface area contributed by atoms with Crippen LogP contribution in [0.2, 0.25) is 0 Å². The molecule has 216 valence electrons. The van der Waals surface area contributed by atoms with Crippen molar-refractivity contribution in [3.63, 3.8) is 0 Å². The summed E-state index contributed by atoms with van der Waals surface area (Å²) in [5.74, 6) is 0.271. The maximum atomic E-state index is 14.1. The van der Waals surface area contributed by atoms with Crippen LogP contribution in [0.3, 0.4) is 0 Å². The molecule has 3 aromatic rings. The van der Waals surface area contributed by atoms with E-state index in [1.807, 2.05) is 42.5 Å². The van der Waals surface area contributed by atoms with Crippen molar-refractivity contribution < 1.29 is 9.59 Å². The van der Waals surface area contributed by atoms with Gasteiger partial charge in [-0.25, -0.2) is 0 Å². The Morgan fingerprint density at radius 2 is 1.41 bits per heavy atom. The van der Waals surface area contributed by atoms with Crippen LogP contribution in [0.1, 0.15) is 65.9 Å². The zero-order valence-corrected chi connectivity index (χ0v) is 24.1. The van der Waals surface area contributed by atoms with Crippen molar-refractivity contribution >= 4 is 11.8 Å². The highest BCUT2D eigenvalue weighted by Gasteiger charge is 2.33. The van der Waals surface area contributed by atoms with Crippen LogP contribution in [-0.4, -0.2) is 73.0 Å². The standard InChI is InChI=1S/C35H44N4O2/c40-34(30-17-9-3-10-18-30)36-22-19-31-20-26-39(35(41)33(37-31)21-25-38-23-11-4-12-24-38)27-32(28-13-5-1-6-14-28)29-15-7-2-8-16-29/h1-3,5-10,13-18,31-33,37H,4,11-12,19-27H2,(H,36,40). The van der Waals surface area contributed by atoms with Crippen molar-refractivity contribution in [3.05, 3.63) is 108 Å². The van der Waals surface area contributed by atoms with Gasteiger partial charge in [-0.2, -0.15) is 0 Å². The van der Waals surface area contributed by atoms with Crippen LogP contribution in [0, 0.1) is 0 Å². The highest BCUT2D eigenvalue weighted by atomic mass is 16.2. The molecule has 2 amide bonds. The molecule has 6 heteroatoms. The van der Waals surface area contributed by atoms with Crippen molar-refractivity contribution in [1.82, 2.24) is 20.4 Å². The first kappa shape index (κ1) is 29.0.